The zero-order chi connectivity index (χ0) is 22.2. The number of ether oxygens (including phenoxy) is 2. The van der Waals surface area contributed by atoms with E-state index in [9.17, 15) is 14.4 Å². The number of hydrogen-bond donors (Lipinski definition) is 1. The molecule has 1 N–H and O–H groups in total. The van der Waals surface area contributed by atoms with Gasteiger partial charge in [0.2, 0.25) is 0 Å². The van der Waals surface area contributed by atoms with E-state index in [4.69, 9.17) is 9.47 Å². The monoisotopic (exact) mass is 438 g/mol. The summed E-state index contributed by atoms with van der Waals surface area (Å²) in [4.78, 5) is 40.1. The molecule has 0 aliphatic heterocycles. The van der Waals surface area contributed by atoms with E-state index in [2.05, 4.69) is 10.3 Å². The molecule has 0 saturated carbocycles. The third-order valence-electron chi connectivity index (χ3n) is 4.21. The number of Topliss-reactive ketones (excluding diaryl/α,β-unsaturated/α-hetero) is 1. The zero-order valence-corrected chi connectivity index (χ0v) is 18.0. The number of para-hydroxylation sites is 1. The molecule has 0 bridgehead atoms. The van der Waals surface area contributed by atoms with Crippen LogP contribution in [-0.4, -0.2) is 35.9 Å². The Bertz CT molecular complexity index is 1090. The van der Waals surface area contributed by atoms with E-state index < -0.39 is 18.5 Å². The maximum absolute atomic E-state index is 12.1. The van der Waals surface area contributed by atoms with E-state index in [1.807, 2.05) is 31.2 Å². The molecule has 1 aromatic heterocycles. The summed E-state index contributed by atoms with van der Waals surface area (Å²) in [5, 5.41) is 5.13. The van der Waals surface area contributed by atoms with Crippen molar-refractivity contribution in [3.8, 4) is 16.3 Å². The fraction of sp³-hybridized carbons (Fsp3) is 0.217. The summed E-state index contributed by atoms with van der Waals surface area (Å²) in [5.74, 6) is -0.408. The Morgan fingerprint density at radius 3 is 2.68 bits per heavy atom. The molecule has 3 rings (SSSR count). The van der Waals surface area contributed by atoms with Crippen LogP contribution in [0.4, 0.5) is 5.69 Å². The highest BCUT2D eigenvalue weighted by Gasteiger charge is 2.14. The molecule has 160 valence electrons. The highest BCUT2D eigenvalue weighted by molar-refractivity contribution is 7.13. The molecule has 0 fully saturated rings. The van der Waals surface area contributed by atoms with E-state index in [0.29, 0.717) is 23.6 Å². The van der Waals surface area contributed by atoms with Gasteiger partial charge in [0.1, 0.15) is 10.8 Å². The lowest BCUT2D eigenvalue weighted by atomic mass is 10.1. The first-order valence-electron chi connectivity index (χ1n) is 9.69. The lowest BCUT2D eigenvalue weighted by Crippen LogP contribution is -2.21. The molecule has 0 unspecified atom stereocenters. The number of nitrogens with zero attached hydrogens (tertiary/aromatic N) is 1. The second-order valence-electron chi connectivity index (χ2n) is 6.60. The van der Waals surface area contributed by atoms with Crippen molar-refractivity contribution in [3.05, 3.63) is 65.2 Å². The van der Waals surface area contributed by atoms with Crippen molar-refractivity contribution in [1.82, 2.24) is 4.98 Å². The smallest absolute Gasteiger partial charge is 0.312 e. The molecule has 0 saturated heterocycles. The number of amides is 1. The van der Waals surface area contributed by atoms with E-state index >= 15 is 0 Å². The zero-order valence-electron chi connectivity index (χ0n) is 17.2. The molecule has 0 radical (unpaired) electrons. The van der Waals surface area contributed by atoms with E-state index in [0.717, 1.165) is 16.3 Å². The Balaban J connectivity index is 1.53. The molecular weight excluding hydrogens is 416 g/mol. The number of ketones is 1. The minimum absolute atomic E-state index is 0.0413. The molecule has 0 aliphatic carbocycles. The number of carbonyl (C=O) groups excluding carboxylic acids is 3. The third kappa shape index (κ3) is 6.23. The standard InChI is InChI=1S/C23H22N2O5S/c1-3-29-20-10-5-4-9-19(20)23-25-18(14-31-23)12-22(28)30-13-21(27)24-17-8-6-7-16(11-17)15(2)26/h4-11,14H,3,12-13H2,1-2H3,(H,24,27). The normalized spacial score (nSPS) is 10.4. The molecule has 2 aromatic carbocycles. The van der Waals surface area contributed by atoms with Crippen molar-refractivity contribution in [1.29, 1.82) is 0 Å². The maximum Gasteiger partial charge on any atom is 0.312 e. The second-order valence-corrected chi connectivity index (χ2v) is 7.45. The van der Waals surface area contributed by atoms with E-state index in [1.165, 1.54) is 18.3 Å². The number of thiazole rings is 1. The van der Waals surface area contributed by atoms with Crippen LogP contribution in [0.15, 0.2) is 53.9 Å². The number of rotatable bonds is 9. The summed E-state index contributed by atoms with van der Waals surface area (Å²) in [5.41, 5.74) is 2.37. The lowest BCUT2D eigenvalue weighted by Gasteiger charge is -2.07. The molecule has 3 aromatic rings. The molecule has 1 heterocycles. The van der Waals surface area contributed by atoms with Crippen molar-refractivity contribution >= 4 is 34.7 Å². The van der Waals surface area contributed by atoms with Crippen molar-refractivity contribution in [2.75, 3.05) is 18.5 Å². The van der Waals surface area contributed by atoms with Gasteiger partial charge in [-0.25, -0.2) is 4.98 Å². The summed E-state index contributed by atoms with van der Waals surface area (Å²) in [6, 6.07) is 14.1. The van der Waals surface area contributed by atoms with Gasteiger partial charge in [0.15, 0.2) is 12.4 Å². The minimum Gasteiger partial charge on any atom is -0.493 e. The highest BCUT2D eigenvalue weighted by Crippen LogP contribution is 2.32. The Morgan fingerprint density at radius 2 is 1.90 bits per heavy atom. The van der Waals surface area contributed by atoms with Gasteiger partial charge in [-0.15, -0.1) is 11.3 Å². The average Bonchev–Trinajstić information content (AvgIpc) is 3.21. The molecular formula is C23H22N2O5S. The van der Waals surface area contributed by atoms with E-state index in [1.54, 1.807) is 29.6 Å². The van der Waals surface area contributed by atoms with Crippen LogP contribution < -0.4 is 10.1 Å². The number of aromatic nitrogens is 1. The Hall–Kier alpha value is -3.52. The van der Waals surface area contributed by atoms with Crippen LogP contribution >= 0.6 is 11.3 Å². The topological polar surface area (TPSA) is 94.6 Å². The van der Waals surface area contributed by atoms with Crippen molar-refractivity contribution in [2.45, 2.75) is 20.3 Å². The predicted octanol–water partition coefficient (Wildman–Crippen LogP) is 4.14. The van der Waals surface area contributed by atoms with E-state index in [-0.39, 0.29) is 12.2 Å². The number of hydrogen-bond acceptors (Lipinski definition) is 7. The molecule has 1 amide bonds. The molecule has 8 heteroatoms. The number of benzene rings is 2. The first kappa shape index (κ1) is 22.2. The van der Waals surface area contributed by atoms with Crippen molar-refractivity contribution in [2.24, 2.45) is 0 Å². The van der Waals surface area contributed by atoms with Gasteiger partial charge in [-0.3, -0.25) is 14.4 Å². The van der Waals surface area contributed by atoms with Gasteiger partial charge in [-0.2, -0.15) is 0 Å². The first-order valence-corrected chi connectivity index (χ1v) is 10.6. The van der Waals surface area contributed by atoms with Crippen LogP contribution in [0.5, 0.6) is 5.75 Å². The molecule has 31 heavy (non-hydrogen) atoms. The van der Waals surface area contributed by atoms with Crippen LogP contribution in [0.1, 0.15) is 29.9 Å². The summed E-state index contributed by atoms with van der Waals surface area (Å²) in [6.45, 7) is 3.48. The SMILES string of the molecule is CCOc1ccccc1-c1nc(CC(=O)OCC(=O)Nc2cccc(C(C)=O)c2)cs1. The number of anilines is 1. The molecule has 0 spiro atoms. The number of esters is 1. The number of nitrogens with one attached hydrogen (secondary N) is 1. The van der Waals surface area contributed by atoms with Crippen LogP contribution in [0.3, 0.4) is 0 Å². The number of carbonyl (C=O) groups is 3. The van der Waals surface area contributed by atoms with Crippen molar-refractivity contribution in [3.63, 3.8) is 0 Å². The van der Waals surface area contributed by atoms with Gasteiger partial charge in [0, 0.05) is 16.6 Å². The summed E-state index contributed by atoms with van der Waals surface area (Å²) in [6.07, 6.45) is -0.0413. The van der Waals surface area contributed by atoms with Gasteiger partial charge >= 0.3 is 5.97 Å². The van der Waals surface area contributed by atoms with Crippen LogP contribution in [0.25, 0.3) is 10.6 Å². The van der Waals surface area contributed by atoms with Crippen LogP contribution in [0, 0.1) is 0 Å². The summed E-state index contributed by atoms with van der Waals surface area (Å²) >= 11 is 1.41. The largest absolute Gasteiger partial charge is 0.493 e. The Labute approximate surface area is 184 Å². The van der Waals surface area contributed by atoms with Gasteiger partial charge in [0.05, 0.1) is 24.3 Å². The lowest BCUT2D eigenvalue weighted by molar-refractivity contribution is -0.146. The quantitative estimate of drug-likeness (QED) is 0.399. The summed E-state index contributed by atoms with van der Waals surface area (Å²) in [7, 11) is 0. The van der Waals surface area contributed by atoms with Gasteiger partial charge in [0.25, 0.3) is 5.91 Å². The molecule has 0 aliphatic rings. The maximum atomic E-state index is 12.1. The fourth-order valence-corrected chi connectivity index (χ4v) is 3.64. The third-order valence-corrected chi connectivity index (χ3v) is 5.14. The van der Waals surface area contributed by atoms with Gasteiger partial charge < -0.3 is 14.8 Å². The Kier molecular flexibility index (Phi) is 7.50. The first-order chi connectivity index (χ1) is 15.0. The van der Waals surface area contributed by atoms with Crippen LogP contribution in [0.2, 0.25) is 0 Å². The second kappa shape index (κ2) is 10.5. The van der Waals surface area contributed by atoms with Crippen LogP contribution in [-0.2, 0) is 20.7 Å². The van der Waals surface area contributed by atoms with Crippen molar-refractivity contribution < 1.29 is 23.9 Å². The molecule has 0 atom stereocenters. The van der Waals surface area contributed by atoms with Gasteiger partial charge in [-0.1, -0.05) is 24.3 Å². The molecule has 7 nitrogen and oxygen atoms in total. The fourth-order valence-electron chi connectivity index (χ4n) is 2.79. The summed E-state index contributed by atoms with van der Waals surface area (Å²) < 4.78 is 10.7. The average molecular weight is 439 g/mol. The Morgan fingerprint density at radius 1 is 1.10 bits per heavy atom. The van der Waals surface area contributed by atoms with Gasteiger partial charge in [-0.05, 0) is 38.1 Å². The minimum atomic E-state index is -0.553. The predicted molar refractivity (Wildman–Crippen MR) is 118 cm³/mol. The highest BCUT2D eigenvalue weighted by atomic mass is 32.1.